The fourth-order valence-corrected chi connectivity index (χ4v) is 1.90. The van der Waals surface area contributed by atoms with Gasteiger partial charge in [0.1, 0.15) is 0 Å². The van der Waals surface area contributed by atoms with Gasteiger partial charge in [0, 0.05) is 17.2 Å². The van der Waals surface area contributed by atoms with Gasteiger partial charge >= 0.3 is 0 Å². The van der Waals surface area contributed by atoms with Crippen molar-refractivity contribution in [3.05, 3.63) is 22.6 Å². The van der Waals surface area contributed by atoms with Gasteiger partial charge in [-0.2, -0.15) is 0 Å². The van der Waals surface area contributed by atoms with Crippen molar-refractivity contribution in [2.45, 2.75) is 20.3 Å². The average molecular weight is 304 g/mol. The first-order valence-electron chi connectivity index (χ1n) is 5.94. The Morgan fingerprint density at radius 2 is 2.12 bits per heavy atom. The fourth-order valence-electron chi connectivity index (χ4n) is 1.59. The molecular formula is C12H19BrFN3. The zero-order valence-corrected chi connectivity index (χ0v) is 11.9. The van der Waals surface area contributed by atoms with Crippen LogP contribution in [-0.4, -0.2) is 36.1 Å². The number of aromatic nitrogens is 1. The third kappa shape index (κ3) is 5.00. The van der Waals surface area contributed by atoms with Crippen LogP contribution in [0, 0.1) is 5.82 Å². The molecule has 0 aromatic carbocycles. The first-order valence-corrected chi connectivity index (χ1v) is 6.74. The van der Waals surface area contributed by atoms with Crippen molar-refractivity contribution in [1.29, 1.82) is 0 Å². The van der Waals surface area contributed by atoms with Crippen molar-refractivity contribution < 1.29 is 4.39 Å². The van der Waals surface area contributed by atoms with Crippen molar-refractivity contribution in [3.8, 4) is 0 Å². The molecule has 0 spiro atoms. The van der Waals surface area contributed by atoms with Gasteiger partial charge in [0.15, 0.2) is 11.6 Å². The van der Waals surface area contributed by atoms with E-state index in [9.17, 15) is 4.39 Å². The molecule has 1 aromatic rings. The first kappa shape index (κ1) is 14.4. The summed E-state index contributed by atoms with van der Waals surface area (Å²) in [7, 11) is 0. The summed E-state index contributed by atoms with van der Waals surface area (Å²) in [6.45, 7) is 8.17. The fraction of sp³-hybridized carbons (Fsp3) is 0.583. The van der Waals surface area contributed by atoms with Crippen molar-refractivity contribution in [1.82, 2.24) is 9.88 Å². The Hall–Kier alpha value is -0.680. The highest BCUT2D eigenvalue weighted by atomic mass is 79.9. The Morgan fingerprint density at radius 1 is 1.41 bits per heavy atom. The highest BCUT2D eigenvalue weighted by Gasteiger charge is 2.04. The average Bonchev–Trinajstić information content (AvgIpc) is 2.32. The van der Waals surface area contributed by atoms with E-state index >= 15 is 0 Å². The molecule has 0 unspecified atom stereocenters. The molecular weight excluding hydrogens is 285 g/mol. The van der Waals surface area contributed by atoms with E-state index in [0.717, 1.165) is 32.6 Å². The topological polar surface area (TPSA) is 28.2 Å². The quantitative estimate of drug-likeness (QED) is 0.785. The van der Waals surface area contributed by atoms with E-state index in [0.29, 0.717) is 10.3 Å². The second-order valence-electron chi connectivity index (χ2n) is 3.79. The summed E-state index contributed by atoms with van der Waals surface area (Å²) >= 11 is 3.18. The van der Waals surface area contributed by atoms with E-state index in [1.54, 1.807) is 6.20 Å². The van der Waals surface area contributed by atoms with Crippen molar-refractivity contribution in [2.75, 3.05) is 31.5 Å². The lowest BCUT2D eigenvalue weighted by Crippen LogP contribution is -2.25. The van der Waals surface area contributed by atoms with Crippen LogP contribution in [0.4, 0.5) is 10.2 Å². The SMILES string of the molecule is CCN(CC)CCCNc1ncc(Br)cc1F. The van der Waals surface area contributed by atoms with Crippen molar-refractivity contribution in [2.24, 2.45) is 0 Å². The lowest BCUT2D eigenvalue weighted by atomic mass is 10.3. The molecule has 5 heteroatoms. The molecule has 0 radical (unpaired) electrons. The highest BCUT2D eigenvalue weighted by Crippen LogP contribution is 2.15. The first-order chi connectivity index (χ1) is 8.17. The van der Waals surface area contributed by atoms with Gasteiger partial charge in [-0.05, 0) is 48.1 Å². The second kappa shape index (κ2) is 7.61. The minimum Gasteiger partial charge on any atom is -0.368 e. The molecule has 0 saturated heterocycles. The van der Waals surface area contributed by atoms with Crippen LogP contribution in [0.1, 0.15) is 20.3 Å². The standard InChI is InChI=1S/C12H19BrFN3/c1-3-17(4-2)7-5-6-15-12-11(14)8-10(13)9-16-12/h8-9H,3-7H2,1-2H3,(H,15,16). The molecule has 1 aromatic heterocycles. The summed E-state index contributed by atoms with van der Waals surface area (Å²) in [6, 6.07) is 1.42. The predicted molar refractivity (Wildman–Crippen MR) is 72.8 cm³/mol. The van der Waals surface area contributed by atoms with Gasteiger partial charge in [-0.1, -0.05) is 13.8 Å². The molecule has 0 bridgehead atoms. The molecule has 3 nitrogen and oxygen atoms in total. The molecule has 0 atom stereocenters. The maximum atomic E-state index is 13.4. The van der Waals surface area contributed by atoms with Gasteiger partial charge < -0.3 is 10.2 Å². The number of rotatable bonds is 7. The van der Waals surface area contributed by atoms with Crippen LogP contribution in [0.2, 0.25) is 0 Å². The number of halogens is 2. The van der Waals surface area contributed by atoms with Crippen LogP contribution in [0.25, 0.3) is 0 Å². The van der Waals surface area contributed by atoms with Gasteiger partial charge in [0.2, 0.25) is 0 Å². The van der Waals surface area contributed by atoms with Gasteiger partial charge in [-0.3, -0.25) is 0 Å². The Kier molecular flexibility index (Phi) is 6.44. The van der Waals surface area contributed by atoms with Crippen molar-refractivity contribution in [3.63, 3.8) is 0 Å². The van der Waals surface area contributed by atoms with Crippen LogP contribution in [0.3, 0.4) is 0 Å². The van der Waals surface area contributed by atoms with Crippen LogP contribution < -0.4 is 5.32 Å². The normalized spacial score (nSPS) is 10.9. The lowest BCUT2D eigenvalue weighted by molar-refractivity contribution is 0.303. The Labute approximate surface area is 111 Å². The molecule has 0 amide bonds. The molecule has 96 valence electrons. The molecule has 17 heavy (non-hydrogen) atoms. The molecule has 0 aliphatic carbocycles. The number of pyridine rings is 1. The molecule has 1 rings (SSSR count). The maximum Gasteiger partial charge on any atom is 0.166 e. The number of hydrogen-bond acceptors (Lipinski definition) is 3. The van der Waals surface area contributed by atoms with Gasteiger partial charge in [0.25, 0.3) is 0 Å². The predicted octanol–water partition coefficient (Wildman–Crippen LogP) is 3.13. The molecule has 1 N–H and O–H groups in total. The van der Waals surface area contributed by atoms with Crippen LogP contribution in [-0.2, 0) is 0 Å². The van der Waals surface area contributed by atoms with E-state index in [1.165, 1.54) is 6.07 Å². The van der Waals surface area contributed by atoms with Crippen molar-refractivity contribution >= 4 is 21.7 Å². The summed E-state index contributed by atoms with van der Waals surface area (Å²) in [5, 5.41) is 3.01. The van der Waals surface area contributed by atoms with Crippen LogP contribution in [0.5, 0.6) is 0 Å². The Balaban J connectivity index is 2.31. The van der Waals surface area contributed by atoms with Gasteiger partial charge in [-0.15, -0.1) is 0 Å². The molecule has 0 aliphatic rings. The number of nitrogens with zero attached hydrogens (tertiary/aromatic N) is 2. The Bertz CT molecular complexity index is 343. The molecule has 1 heterocycles. The van der Waals surface area contributed by atoms with Crippen LogP contribution >= 0.6 is 15.9 Å². The van der Waals surface area contributed by atoms with Crippen LogP contribution in [0.15, 0.2) is 16.7 Å². The number of anilines is 1. The monoisotopic (exact) mass is 303 g/mol. The Morgan fingerprint density at radius 3 is 2.71 bits per heavy atom. The van der Waals surface area contributed by atoms with E-state index in [4.69, 9.17) is 0 Å². The third-order valence-corrected chi connectivity index (χ3v) is 3.08. The minimum absolute atomic E-state index is 0.317. The maximum absolute atomic E-state index is 13.4. The molecule has 0 saturated carbocycles. The minimum atomic E-state index is -0.317. The molecule has 0 fully saturated rings. The van der Waals surface area contributed by atoms with E-state index in [2.05, 4.69) is 45.0 Å². The zero-order chi connectivity index (χ0) is 12.7. The summed E-state index contributed by atoms with van der Waals surface area (Å²) in [5.41, 5.74) is 0. The number of nitrogens with one attached hydrogen (secondary N) is 1. The van der Waals surface area contributed by atoms with E-state index < -0.39 is 0 Å². The lowest BCUT2D eigenvalue weighted by Gasteiger charge is -2.17. The molecule has 0 aliphatic heterocycles. The summed E-state index contributed by atoms with van der Waals surface area (Å²) in [5.74, 6) is 0.00922. The van der Waals surface area contributed by atoms with E-state index in [1.807, 2.05) is 0 Å². The zero-order valence-electron chi connectivity index (χ0n) is 10.3. The second-order valence-corrected chi connectivity index (χ2v) is 4.71. The largest absolute Gasteiger partial charge is 0.368 e. The van der Waals surface area contributed by atoms with Gasteiger partial charge in [0.05, 0.1) is 0 Å². The summed E-state index contributed by atoms with van der Waals surface area (Å²) in [6.07, 6.45) is 2.58. The van der Waals surface area contributed by atoms with E-state index in [-0.39, 0.29) is 5.82 Å². The summed E-state index contributed by atoms with van der Waals surface area (Å²) < 4.78 is 14.1. The summed E-state index contributed by atoms with van der Waals surface area (Å²) in [4.78, 5) is 6.33. The highest BCUT2D eigenvalue weighted by molar-refractivity contribution is 9.10. The van der Waals surface area contributed by atoms with Gasteiger partial charge in [-0.25, -0.2) is 9.37 Å². The number of hydrogen-bond donors (Lipinski definition) is 1. The smallest absolute Gasteiger partial charge is 0.166 e. The third-order valence-electron chi connectivity index (χ3n) is 2.65.